The Morgan fingerprint density at radius 1 is 1.26 bits per heavy atom. The molecule has 0 amide bonds. The van der Waals surface area contributed by atoms with Crippen LogP contribution in [0.5, 0.6) is 11.5 Å². The van der Waals surface area contributed by atoms with Crippen LogP contribution >= 0.6 is 0 Å². The number of nitrogens with one attached hydrogen (secondary N) is 1. The molecule has 0 bridgehead atoms. The van der Waals surface area contributed by atoms with E-state index in [1.165, 1.54) is 6.42 Å². The van der Waals surface area contributed by atoms with Crippen LogP contribution in [-0.4, -0.2) is 50.8 Å². The van der Waals surface area contributed by atoms with E-state index in [9.17, 15) is 0 Å². The van der Waals surface area contributed by atoms with Crippen LogP contribution in [-0.2, 0) is 0 Å². The fourth-order valence-electron chi connectivity index (χ4n) is 2.16. The van der Waals surface area contributed by atoms with Crippen LogP contribution in [0, 0.1) is 0 Å². The van der Waals surface area contributed by atoms with Crippen molar-refractivity contribution in [2.45, 2.75) is 19.4 Å². The molecule has 4 heteroatoms. The van der Waals surface area contributed by atoms with Gasteiger partial charge >= 0.3 is 0 Å². The zero-order chi connectivity index (χ0) is 13.5. The first-order valence-corrected chi connectivity index (χ1v) is 7.07. The minimum absolute atomic E-state index is 0.117. The molecule has 0 saturated heterocycles. The van der Waals surface area contributed by atoms with Gasteiger partial charge in [-0.05, 0) is 32.1 Å². The van der Waals surface area contributed by atoms with E-state index in [2.05, 4.69) is 24.2 Å². The first kappa shape index (κ1) is 14.2. The summed E-state index contributed by atoms with van der Waals surface area (Å²) in [7, 11) is 2.12. The van der Waals surface area contributed by atoms with Gasteiger partial charge in [0, 0.05) is 19.6 Å². The molecule has 1 atom stereocenters. The van der Waals surface area contributed by atoms with E-state index in [0.717, 1.165) is 37.7 Å². The number of hydrogen-bond donors (Lipinski definition) is 1. The number of benzene rings is 1. The fraction of sp³-hybridized carbons (Fsp3) is 0.600. The number of ether oxygens (including phenoxy) is 2. The third-order valence-electron chi connectivity index (χ3n) is 3.18. The minimum Gasteiger partial charge on any atom is -0.486 e. The lowest BCUT2D eigenvalue weighted by Gasteiger charge is -2.29. The van der Waals surface area contributed by atoms with Gasteiger partial charge in [-0.15, -0.1) is 0 Å². The van der Waals surface area contributed by atoms with Crippen molar-refractivity contribution in [1.82, 2.24) is 10.2 Å². The summed E-state index contributed by atoms with van der Waals surface area (Å²) in [6.45, 7) is 6.84. The van der Waals surface area contributed by atoms with E-state index in [0.29, 0.717) is 6.61 Å². The molecule has 1 N–H and O–H groups in total. The summed E-state index contributed by atoms with van der Waals surface area (Å²) in [5.74, 6) is 1.71. The van der Waals surface area contributed by atoms with Crippen molar-refractivity contribution >= 4 is 0 Å². The van der Waals surface area contributed by atoms with E-state index < -0.39 is 0 Å². The maximum atomic E-state index is 5.94. The Morgan fingerprint density at radius 3 is 2.84 bits per heavy atom. The molecule has 1 heterocycles. The van der Waals surface area contributed by atoms with E-state index in [4.69, 9.17) is 9.47 Å². The third kappa shape index (κ3) is 4.40. The lowest BCUT2D eigenvalue weighted by atomic mass is 10.2. The molecule has 1 aliphatic rings. The highest BCUT2D eigenvalue weighted by atomic mass is 16.6. The number of para-hydroxylation sites is 2. The second-order valence-electron chi connectivity index (χ2n) is 5.01. The van der Waals surface area contributed by atoms with Gasteiger partial charge in [-0.25, -0.2) is 0 Å². The quantitative estimate of drug-likeness (QED) is 0.761. The summed E-state index contributed by atoms with van der Waals surface area (Å²) in [6.07, 6.45) is 1.30. The smallest absolute Gasteiger partial charge is 0.161 e. The number of hydrogen-bond acceptors (Lipinski definition) is 4. The van der Waals surface area contributed by atoms with Crippen molar-refractivity contribution in [3.05, 3.63) is 24.3 Å². The Kier molecular flexibility index (Phi) is 5.48. The summed E-state index contributed by atoms with van der Waals surface area (Å²) < 4.78 is 11.7. The molecule has 1 aromatic rings. The maximum absolute atomic E-state index is 5.94. The molecule has 0 saturated carbocycles. The molecule has 2 rings (SSSR count). The second-order valence-corrected chi connectivity index (χ2v) is 5.01. The average molecular weight is 264 g/mol. The molecule has 0 aromatic heterocycles. The van der Waals surface area contributed by atoms with Crippen LogP contribution in [0.25, 0.3) is 0 Å². The van der Waals surface area contributed by atoms with Crippen LogP contribution in [0.4, 0.5) is 0 Å². The molecular formula is C15H24N2O2. The molecule has 1 unspecified atom stereocenters. The number of fused-ring (bicyclic) bond motifs is 1. The van der Waals surface area contributed by atoms with E-state index >= 15 is 0 Å². The van der Waals surface area contributed by atoms with Crippen molar-refractivity contribution < 1.29 is 9.47 Å². The Labute approximate surface area is 115 Å². The van der Waals surface area contributed by atoms with Crippen molar-refractivity contribution in [2.24, 2.45) is 0 Å². The Hall–Kier alpha value is -1.26. The standard InChI is InChI=1S/C15H24N2O2/c1-3-8-16-9-10-17(2)11-13-12-18-14-6-4-5-7-15(14)19-13/h4-7,13,16H,3,8-12H2,1-2H3. The van der Waals surface area contributed by atoms with Crippen LogP contribution in [0.2, 0.25) is 0 Å². The van der Waals surface area contributed by atoms with Gasteiger partial charge in [0.05, 0.1) is 0 Å². The topological polar surface area (TPSA) is 33.7 Å². The predicted molar refractivity (Wildman–Crippen MR) is 77.0 cm³/mol. The van der Waals surface area contributed by atoms with E-state index in [1.807, 2.05) is 24.3 Å². The van der Waals surface area contributed by atoms with Crippen molar-refractivity contribution in [1.29, 1.82) is 0 Å². The Morgan fingerprint density at radius 2 is 2.05 bits per heavy atom. The monoisotopic (exact) mass is 264 g/mol. The van der Waals surface area contributed by atoms with E-state index in [1.54, 1.807) is 0 Å². The lowest BCUT2D eigenvalue weighted by Crippen LogP contribution is -2.41. The second kappa shape index (κ2) is 7.36. The van der Waals surface area contributed by atoms with Crippen LogP contribution in [0.1, 0.15) is 13.3 Å². The van der Waals surface area contributed by atoms with Gasteiger partial charge < -0.3 is 19.7 Å². The molecule has 4 nitrogen and oxygen atoms in total. The van der Waals surface area contributed by atoms with E-state index in [-0.39, 0.29) is 6.10 Å². The van der Waals surface area contributed by atoms with Crippen molar-refractivity contribution in [3.8, 4) is 11.5 Å². The van der Waals surface area contributed by atoms with Crippen LogP contribution < -0.4 is 14.8 Å². The van der Waals surface area contributed by atoms with Crippen LogP contribution in [0.3, 0.4) is 0 Å². The highest BCUT2D eigenvalue weighted by molar-refractivity contribution is 5.40. The molecule has 0 radical (unpaired) electrons. The predicted octanol–water partition coefficient (Wildman–Crippen LogP) is 1.76. The Bertz CT molecular complexity index is 384. The highest BCUT2D eigenvalue weighted by Gasteiger charge is 2.21. The SMILES string of the molecule is CCCNCCN(C)CC1COc2ccccc2O1. The van der Waals surface area contributed by atoms with Gasteiger partial charge in [-0.3, -0.25) is 0 Å². The molecular weight excluding hydrogens is 240 g/mol. The molecule has 1 aromatic carbocycles. The van der Waals surface area contributed by atoms with Gasteiger partial charge in [0.1, 0.15) is 12.7 Å². The van der Waals surface area contributed by atoms with Gasteiger partial charge in [0.25, 0.3) is 0 Å². The normalized spacial score (nSPS) is 17.7. The largest absolute Gasteiger partial charge is 0.486 e. The number of rotatable bonds is 7. The highest BCUT2D eigenvalue weighted by Crippen LogP contribution is 2.30. The van der Waals surface area contributed by atoms with Gasteiger partial charge in [-0.2, -0.15) is 0 Å². The number of likely N-dealkylation sites (N-methyl/N-ethyl adjacent to an activating group) is 1. The summed E-state index contributed by atoms with van der Waals surface area (Å²) in [4.78, 5) is 2.28. The lowest BCUT2D eigenvalue weighted by molar-refractivity contribution is 0.0657. The van der Waals surface area contributed by atoms with Gasteiger partial charge in [-0.1, -0.05) is 19.1 Å². The summed E-state index contributed by atoms with van der Waals surface area (Å²) >= 11 is 0. The average Bonchev–Trinajstić information content (AvgIpc) is 2.43. The van der Waals surface area contributed by atoms with Crippen molar-refractivity contribution in [2.75, 3.05) is 39.8 Å². The summed E-state index contributed by atoms with van der Waals surface area (Å²) in [5, 5.41) is 3.41. The maximum Gasteiger partial charge on any atom is 0.161 e. The molecule has 19 heavy (non-hydrogen) atoms. The Balaban J connectivity index is 1.72. The van der Waals surface area contributed by atoms with Crippen molar-refractivity contribution in [3.63, 3.8) is 0 Å². The molecule has 0 fully saturated rings. The first-order valence-electron chi connectivity index (χ1n) is 7.07. The third-order valence-corrected chi connectivity index (χ3v) is 3.18. The van der Waals surface area contributed by atoms with Crippen LogP contribution in [0.15, 0.2) is 24.3 Å². The zero-order valence-electron chi connectivity index (χ0n) is 11.9. The van der Waals surface area contributed by atoms with Gasteiger partial charge in [0.2, 0.25) is 0 Å². The molecule has 1 aliphatic heterocycles. The fourth-order valence-corrected chi connectivity index (χ4v) is 2.16. The van der Waals surface area contributed by atoms with Gasteiger partial charge in [0.15, 0.2) is 11.5 Å². The summed E-state index contributed by atoms with van der Waals surface area (Å²) in [5.41, 5.74) is 0. The molecule has 0 spiro atoms. The molecule has 0 aliphatic carbocycles. The minimum atomic E-state index is 0.117. The summed E-state index contributed by atoms with van der Waals surface area (Å²) in [6, 6.07) is 7.85. The zero-order valence-corrected chi connectivity index (χ0v) is 11.9. The molecule has 106 valence electrons. The first-order chi connectivity index (χ1) is 9.29. The number of nitrogens with zero attached hydrogens (tertiary/aromatic N) is 1.